The molecule has 0 radical (unpaired) electrons. The Morgan fingerprint density at radius 2 is 2.16 bits per heavy atom. The third kappa shape index (κ3) is 4.02. The summed E-state index contributed by atoms with van der Waals surface area (Å²) in [5, 5.41) is 12.4. The first kappa shape index (κ1) is 14.0. The Labute approximate surface area is 112 Å². The number of carbonyl (C=O) groups is 1. The molecule has 0 bridgehead atoms. The van der Waals surface area contributed by atoms with Gasteiger partial charge < -0.3 is 14.4 Å². The van der Waals surface area contributed by atoms with Gasteiger partial charge in [-0.1, -0.05) is 18.5 Å². The minimum atomic E-state index is -1.00. The van der Waals surface area contributed by atoms with Crippen molar-refractivity contribution in [2.75, 3.05) is 6.61 Å². The van der Waals surface area contributed by atoms with Crippen LogP contribution < -0.4 is 0 Å². The first-order valence-electron chi connectivity index (χ1n) is 6.81. The van der Waals surface area contributed by atoms with E-state index < -0.39 is 5.97 Å². The lowest BCUT2D eigenvalue weighted by atomic mass is 9.80. The molecule has 1 saturated carbocycles. The van der Waals surface area contributed by atoms with Crippen LogP contribution >= 0.6 is 0 Å². The molecule has 1 N–H and O–H groups in total. The monoisotopic (exact) mass is 268 g/mol. The van der Waals surface area contributed by atoms with E-state index in [1.807, 2.05) is 0 Å². The number of hydrogen-bond donors (Lipinski definition) is 1. The van der Waals surface area contributed by atoms with Gasteiger partial charge in [-0.3, -0.25) is 0 Å². The van der Waals surface area contributed by atoms with Crippen molar-refractivity contribution in [3.63, 3.8) is 0 Å². The summed E-state index contributed by atoms with van der Waals surface area (Å²) in [5.41, 5.74) is 0. The summed E-state index contributed by atoms with van der Waals surface area (Å²) in [6, 6.07) is 0. The third-order valence-electron chi connectivity index (χ3n) is 3.72. The van der Waals surface area contributed by atoms with Crippen molar-refractivity contribution >= 4 is 5.97 Å². The molecule has 6 heteroatoms. The van der Waals surface area contributed by atoms with Gasteiger partial charge in [0.1, 0.15) is 13.2 Å². The van der Waals surface area contributed by atoms with E-state index >= 15 is 0 Å². The normalized spacial score (nSPS) is 23.4. The van der Waals surface area contributed by atoms with E-state index in [4.69, 9.17) is 14.4 Å². The van der Waals surface area contributed by atoms with E-state index in [0.29, 0.717) is 11.8 Å². The molecule has 1 aliphatic carbocycles. The van der Waals surface area contributed by atoms with Crippen LogP contribution in [0, 0.1) is 5.92 Å². The summed E-state index contributed by atoms with van der Waals surface area (Å²) in [7, 11) is 0. The average molecular weight is 268 g/mol. The fourth-order valence-corrected chi connectivity index (χ4v) is 2.55. The quantitative estimate of drug-likeness (QED) is 0.852. The molecule has 19 heavy (non-hydrogen) atoms. The maximum atomic E-state index is 10.3. The van der Waals surface area contributed by atoms with Gasteiger partial charge in [0.05, 0.1) is 0 Å². The van der Waals surface area contributed by atoms with Gasteiger partial charge in [-0.25, -0.2) is 4.79 Å². The predicted octanol–water partition coefficient (Wildman–Crippen LogP) is 2.35. The number of rotatable bonds is 6. The molecule has 2 rings (SSSR count). The van der Waals surface area contributed by atoms with Gasteiger partial charge in [0.25, 0.3) is 5.89 Å². The predicted molar refractivity (Wildman–Crippen MR) is 66.6 cm³/mol. The highest BCUT2D eigenvalue weighted by Crippen LogP contribution is 2.35. The van der Waals surface area contributed by atoms with Crippen molar-refractivity contribution in [2.24, 2.45) is 5.92 Å². The third-order valence-corrected chi connectivity index (χ3v) is 3.72. The van der Waals surface area contributed by atoms with Crippen LogP contribution in [-0.2, 0) is 16.1 Å². The Bertz CT molecular complexity index is 411. The zero-order valence-electron chi connectivity index (χ0n) is 11.2. The Balaban J connectivity index is 1.82. The lowest BCUT2D eigenvalue weighted by Crippen LogP contribution is -2.13. The van der Waals surface area contributed by atoms with Crippen LogP contribution in [0.15, 0.2) is 4.52 Å². The molecule has 0 unspecified atom stereocenters. The second-order valence-corrected chi connectivity index (χ2v) is 5.06. The number of aromatic nitrogens is 2. The molecule has 0 saturated heterocycles. The van der Waals surface area contributed by atoms with Crippen LogP contribution in [0.25, 0.3) is 0 Å². The van der Waals surface area contributed by atoms with Crippen LogP contribution in [0.2, 0.25) is 0 Å². The minimum Gasteiger partial charge on any atom is -0.480 e. The van der Waals surface area contributed by atoms with Crippen molar-refractivity contribution in [2.45, 2.75) is 51.6 Å². The zero-order chi connectivity index (χ0) is 13.7. The number of ether oxygens (including phenoxy) is 1. The maximum Gasteiger partial charge on any atom is 0.329 e. The number of carboxylic acid groups (broad SMARTS) is 1. The summed E-state index contributed by atoms with van der Waals surface area (Å²) in [6.07, 6.45) is 5.90. The van der Waals surface area contributed by atoms with Crippen LogP contribution in [0.3, 0.4) is 0 Å². The number of aliphatic carboxylic acids is 1. The molecular formula is C13H20N2O4. The smallest absolute Gasteiger partial charge is 0.329 e. The first-order chi connectivity index (χ1) is 9.19. The highest BCUT2D eigenvalue weighted by molar-refractivity contribution is 5.67. The summed E-state index contributed by atoms with van der Waals surface area (Å²) in [6.45, 7) is 1.94. The van der Waals surface area contributed by atoms with E-state index in [0.717, 1.165) is 24.6 Å². The van der Waals surface area contributed by atoms with E-state index in [1.54, 1.807) is 0 Å². The topological polar surface area (TPSA) is 85.5 Å². The van der Waals surface area contributed by atoms with Crippen molar-refractivity contribution in [1.29, 1.82) is 0 Å². The Morgan fingerprint density at radius 3 is 2.79 bits per heavy atom. The molecule has 106 valence electrons. The Hall–Kier alpha value is -1.43. The van der Waals surface area contributed by atoms with Crippen molar-refractivity contribution in [3.05, 3.63) is 11.7 Å². The largest absolute Gasteiger partial charge is 0.480 e. The highest BCUT2D eigenvalue weighted by atomic mass is 16.5. The standard InChI is InChI=1S/C13H20N2O4/c1-2-9-3-5-10(6-4-9)13-14-11(19-15-13)7-18-8-12(16)17/h9-10H,2-8H2,1H3,(H,16,17). The molecule has 0 atom stereocenters. The Morgan fingerprint density at radius 1 is 1.42 bits per heavy atom. The summed E-state index contributed by atoms with van der Waals surface area (Å²) >= 11 is 0. The van der Waals surface area contributed by atoms with Gasteiger partial charge in [0.15, 0.2) is 5.82 Å². The number of hydrogen-bond acceptors (Lipinski definition) is 5. The number of nitrogens with zero attached hydrogens (tertiary/aromatic N) is 2. The molecule has 0 aromatic carbocycles. The van der Waals surface area contributed by atoms with Gasteiger partial charge in [-0.15, -0.1) is 0 Å². The summed E-state index contributed by atoms with van der Waals surface area (Å²) in [5.74, 6) is 1.30. The molecule has 1 aliphatic rings. The lowest BCUT2D eigenvalue weighted by molar-refractivity contribution is -0.142. The molecular weight excluding hydrogens is 248 g/mol. The molecule has 1 fully saturated rings. The Kier molecular flexibility index (Phi) is 4.90. The highest BCUT2D eigenvalue weighted by Gasteiger charge is 2.25. The van der Waals surface area contributed by atoms with Crippen LogP contribution in [0.1, 0.15) is 56.7 Å². The van der Waals surface area contributed by atoms with Crippen LogP contribution in [-0.4, -0.2) is 27.8 Å². The first-order valence-corrected chi connectivity index (χ1v) is 6.81. The maximum absolute atomic E-state index is 10.3. The molecule has 6 nitrogen and oxygen atoms in total. The second kappa shape index (κ2) is 6.65. The van der Waals surface area contributed by atoms with E-state index in [2.05, 4.69) is 17.1 Å². The molecule has 1 aromatic rings. The van der Waals surface area contributed by atoms with Gasteiger partial charge in [-0.2, -0.15) is 4.98 Å². The average Bonchev–Trinajstić information content (AvgIpc) is 2.87. The van der Waals surface area contributed by atoms with Gasteiger partial charge in [0.2, 0.25) is 0 Å². The molecule has 0 amide bonds. The van der Waals surface area contributed by atoms with E-state index in [1.165, 1.54) is 19.3 Å². The van der Waals surface area contributed by atoms with Crippen LogP contribution in [0.4, 0.5) is 0 Å². The second-order valence-electron chi connectivity index (χ2n) is 5.06. The SMILES string of the molecule is CCC1CCC(c2noc(COCC(=O)O)n2)CC1. The van der Waals surface area contributed by atoms with Crippen molar-refractivity contribution < 1.29 is 19.2 Å². The van der Waals surface area contributed by atoms with Crippen molar-refractivity contribution in [1.82, 2.24) is 10.1 Å². The molecule has 1 aromatic heterocycles. The minimum absolute atomic E-state index is 0.0591. The van der Waals surface area contributed by atoms with E-state index in [9.17, 15) is 4.79 Å². The fraction of sp³-hybridized carbons (Fsp3) is 0.769. The van der Waals surface area contributed by atoms with Gasteiger partial charge in [-0.05, 0) is 31.6 Å². The fourth-order valence-electron chi connectivity index (χ4n) is 2.55. The molecule has 0 aliphatic heterocycles. The summed E-state index contributed by atoms with van der Waals surface area (Å²) < 4.78 is 9.99. The zero-order valence-corrected chi connectivity index (χ0v) is 11.2. The van der Waals surface area contributed by atoms with Crippen molar-refractivity contribution in [3.8, 4) is 0 Å². The lowest BCUT2D eigenvalue weighted by Gasteiger charge is -2.25. The molecule has 1 heterocycles. The van der Waals surface area contributed by atoms with E-state index in [-0.39, 0.29) is 13.2 Å². The number of carboxylic acids is 1. The van der Waals surface area contributed by atoms with Gasteiger partial charge in [0, 0.05) is 5.92 Å². The summed E-state index contributed by atoms with van der Waals surface area (Å²) in [4.78, 5) is 14.6. The molecule has 0 spiro atoms. The van der Waals surface area contributed by atoms with Gasteiger partial charge >= 0.3 is 5.97 Å². The van der Waals surface area contributed by atoms with Crippen LogP contribution in [0.5, 0.6) is 0 Å².